The summed E-state index contributed by atoms with van der Waals surface area (Å²) >= 11 is 0. The van der Waals surface area contributed by atoms with Crippen molar-refractivity contribution in [1.29, 1.82) is 0 Å². The van der Waals surface area contributed by atoms with Crippen LogP contribution in [0, 0.1) is 6.92 Å². The van der Waals surface area contributed by atoms with E-state index >= 15 is 0 Å². The van der Waals surface area contributed by atoms with E-state index in [0.29, 0.717) is 12.0 Å². The first-order valence-electron chi connectivity index (χ1n) is 6.92. The van der Waals surface area contributed by atoms with Gasteiger partial charge < -0.3 is 5.32 Å². The number of rotatable bonds is 2. The van der Waals surface area contributed by atoms with Gasteiger partial charge in [0.15, 0.2) is 5.82 Å². The third-order valence-electron chi connectivity index (χ3n) is 3.62. The highest BCUT2D eigenvalue weighted by Crippen LogP contribution is 2.29. The molecule has 19 heavy (non-hydrogen) atoms. The molecule has 0 saturated carbocycles. The van der Waals surface area contributed by atoms with Crippen LogP contribution in [0.25, 0.3) is 0 Å². The molecule has 1 atom stereocenters. The van der Waals surface area contributed by atoms with Crippen molar-refractivity contribution >= 4 is 5.95 Å². The SMILES string of the molecule is Cc1ccc(C2CCNc3nc(C(C)C)nn32)cc1. The van der Waals surface area contributed by atoms with Gasteiger partial charge in [-0.2, -0.15) is 10.1 Å². The second-order valence-electron chi connectivity index (χ2n) is 5.53. The molecule has 1 aromatic heterocycles. The Morgan fingerprint density at radius 3 is 2.68 bits per heavy atom. The van der Waals surface area contributed by atoms with Crippen LogP contribution in [0.3, 0.4) is 0 Å². The quantitative estimate of drug-likeness (QED) is 0.897. The summed E-state index contributed by atoms with van der Waals surface area (Å²) in [5, 5.41) is 8.01. The lowest BCUT2D eigenvalue weighted by molar-refractivity contribution is 0.475. The van der Waals surface area contributed by atoms with Gasteiger partial charge in [-0.3, -0.25) is 0 Å². The zero-order chi connectivity index (χ0) is 13.4. The van der Waals surface area contributed by atoms with Crippen LogP contribution in [0.4, 0.5) is 5.95 Å². The molecule has 3 rings (SSSR count). The van der Waals surface area contributed by atoms with Crippen molar-refractivity contribution in [2.24, 2.45) is 0 Å². The molecule has 1 N–H and O–H groups in total. The van der Waals surface area contributed by atoms with Crippen LogP contribution in [0.2, 0.25) is 0 Å². The number of aryl methyl sites for hydroxylation is 1. The summed E-state index contributed by atoms with van der Waals surface area (Å²) in [7, 11) is 0. The topological polar surface area (TPSA) is 42.7 Å². The third-order valence-corrected chi connectivity index (χ3v) is 3.62. The molecule has 2 heterocycles. The zero-order valence-electron chi connectivity index (χ0n) is 11.7. The number of fused-ring (bicyclic) bond motifs is 1. The molecule has 2 aromatic rings. The van der Waals surface area contributed by atoms with Crippen LogP contribution < -0.4 is 5.32 Å². The summed E-state index contributed by atoms with van der Waals surface area (Å²) in [5.41, 5.74) is 2.60. The number of anilines is 1. The lowest BCUT2D eigenvalue weighted by Crippen LogP contribution is -2.24. The summed E-state index contributed by atoms with van der Waals surface area (Å²) in [5.74, 6) is 2.18. The first-order chi connectivity index (χ1) is 9.15. The highest BCUT2D eigenvalue weighted by molar-refractivity contribution is 5.34. The van der Waals surface area contributed by atoms with E-state index in [1.807, 2.05) is 4.68 Å². The maximum absolute atomic E-state index is 4.67. The van der Waals surface area contributed by atoms with E-state index in [1.165, 1.54) is 11.1 Å². The molecule has 0 saturated heterocycles. The minimum atomic E-state index is 0.303. The van der Waals surface area contributed by atoms with Crippen LogP contribution in [-0.4, -0.2) is 21.3 Å². The molecule has 0 spiro atoms. The van der Waals surface area contributed by atoms with Gasteiger partial charge in [0.05, 0.1) is 6.04 Å². The first-order valence-corrected chi connectivity index (χ1v) is 6.92. The molecule has 1 aliphatic rings. The van der Waals surface area contributed by atoms with E-state index in [4.69, 9.17) is 0 Å². The van der Waals surface area contributed by atoms with E-state index < -0.39 is 0 Å². The predicted molar refractivity (Wildman–Crippen MR) is 76.5 cm³/mol. The molecule has 0 aliphatic carbocycles. The second-order valence-corrected chi connectivity index (χ2v) is 5.53. The number of hydrogen-bond donors (Lipinski definition) is 1. The van der Waals surface area contributed by atoms with Gasteiger partial charge in [-0.05, 0) is 18.9 Å². The summed E-state index contributed by atoms with van der Waals surface area (Å²) < 4.78 is 2.05. The van der Waals surface area contributed by atoms with Crippen molar-refractivity contribution in [2.75, 3.05) is 11.9 Å². The monoisotopic (exact) mass is 256 g/mol. The molecule has 4 heteroatoms. The lowest BCUT2D eigenvalue weighted by atomic mass is 10.0. The van der Waals surface area contributed by atoms with E-state index in [0.717, 1.165) is 24.7 Å². The number of hydrogen-bond acceptors (Lipinski definition) is 3. The Morgan fingerprint density at radius 2 is 2.00 bits per heavy atom. The highest BCUT2D eigenvalue weighted by Gasteiger charge is 2.24. The van der Waals surface area contributed by atoms with E-state index in [9.17, 15) is 0 Å². The van der Waals surface area contributed by atoms with Crippen LogP contribution in [0.5, 0.6) is 0 Å². The Labute approximate surface area is 113 Å². The second kappa shape index (κ2) is 4.68. The van der Waals surface area contributed by atoms with Crippen LogP contribution in [0.15, 0.2) is 24.3 Å². The average Bonchev–Trinajstić information content (AvgIpc) is 2.83. The van der Waals surface area contributed by atoms with E-state index in [2.05, 4.69) is 60.4 Å². The van der Waals surface area contributed by atoms with Gasteiger partial charge in [-0.25, -0.2) is 4.68 Å². The molecule has 1 unspecified atom stereocenters. The molecule has 4 nitrogen and oxygen atoms in total. The van der Waals surface area contributed by atoms with Gasteiger partial charge in [0, 0.05) is 12.5 Å². The Hall–Kier alpha value is -1.84. The molecular weight excluding hydrogens is 236 g/mol. The van der Waals surface area contributed by atoms with Crippen LogP contribution >= 0.6 is 0 Å². The molecular formula is C15H20N4. The Morgan fingerprint density at radius 1 is 1.26 bits per heavy atom. The van der Waals surface area contributed by atoms with Crippen molar-refractivity contribution in [3.63, 3.8) is 0 Å². The molecule has 0 radical (unpaired) electrons. The first kappa shape index (κ1) is 12.2. The van der Waals surface area contributed by atoms with Crippen LogP contribution in [-0.2, 0) is 0 Å². The Balaban J connectivity index is 1.99. The average molecular weight is 256 g/mol. The molecule has 0 bridgehead atoms. The number of aromatic nitrogens is 3. The van der Waals surface area contributed by atoms with E-state index in [-0.39, 0.29) is 0 Å². The van der Waals surface area contributed by atoms with Crippen LogP contribution in [0.1, 0.15) is 49.2 Å². The highest BCUT2D eigenvalue weighted by atomic mass is 15.4. The fourth-order valence-electron chi connectivity index (χ4n) is 2.46. The summed E-state index contributed by atoms with van der Waals surface area (Å²) in [4.78, 5) is 4.58. The minimum absolute atomic E-state index is 0.303. The summed E-state index contributed by atoms with van der Waals surface area (Å²) in [6.45, 7) is 7.32. The molecule has 100 valence electrons. The van der Waals surface area contributed by atoms with Gasteiger partial charge in [0.2, 0.25) is 5.95 Å². The van der Waals surface area contributed by atoms with Gasteiger partial charge in [0.1, 0.15) is 0 Å². The Bertz CT molecular complexity index is 568. The van der Waals surface area contributed by atoms with Crippen molar-refractivity contribution in [2.45, 2.75) is 39.2 Å². The fraction of sp³-hybridized carbons (Fsp3) is 0.467. The maximum Gasteiger partial charge on any atom is 0.221 e. The normalized spacial score (nSPS) is 18.2. The fourth-order valence-corrected chi connectivity index (χ4v) is 2.46. The van der Waals surface area contributed by atoms with Gasteiger partial charge >= 0.3 is 0 Å². The molecule has 0 amide bonds. The standard InChI is InChI=1S/C15H20N4/c1-10(2)14-17-15-16-9-8-13(19(15)18-14)12-6-4-11(3)5-7-12/h4-7,10,13H,8-9H2,1-3H3,(H,16,17,18). The van der Waals surface area contributed by atoms with Gasteiger partial charge in [-0.15, -0.1) is 0 Å². The largest absolute Gasteiger partial charge is 0.354 e. The van der Waals surface area contributed by atoms with Gasteiger partial charge in [-0.1, -0.05) is 43.7 Å². The van der Waals surface area contributed by atoms with Crippen molar-refractivity contribution < 1.29 is 0 Å². The van der Waals surface area contributed by atoms with Gasteiger partial charge in [0.25, 0.3) is 0 Å². The summed E-state index contributed by atoms with van der Waals surface area (Å²) in [6, 6.07) is 9.03. The molecule has 1 aromatic carbocycles. The number of nitrogens with zero attached hydrogens (tertiary/aromatic N) is 3. The maximum atomic E-state index is 4.67. The van der Waals surface area contributed by atoms with Crippen molar-refractivity contribution in [1.82, 2.24) is 14.8 Å². The van der Waals surface area contributed by atoms with Crippen molar-refractivity contribution in [3.05, 3.63) is 41.2 Å². The molecule has 1 aliphatic heterocycles. The number of nitrogens with one attached hydrogen (secondary N) is 1. The van der Waals surface area contributed by atoms with E-state index in [1.54, 1.807) is 0 Å². The van der Waals surface area contributed by atoms with Crippen molar-refractivity contribution in [3.8, 4) is 0 Å². The minimum Gasteiger partial charge on any atom is -0.354 e. The predicted octanol–water partition coefficient (Wildman–Crippen LogP) is 3.11. The Kier molecular flexibility index (Phi) is 3.01. The zero-order valence-corrected chi connectivity index (χ0v) is 11.7. The third kappa shape index (κ3) is 2.23. The number of benzene rings is 1. The lowest BCUT2D eigenvalue weighted by Gasteiger charge is -2.24. The summed E-state index contributed by atoms with van der Waals surface area (Å²) in [6.07, 6.45) is 1.05. The molecule has 0 fully saturated rings. The smallest absolute Gasteiger partial charge is 0.221 e.